The van der Waals surface area contributed by atoms with Gasteiger partial charge in [-0.2, -0.15) is 0 Å². The number of methoxy groups -OCH3 is 1. The van der Waals surface area contributed by atoms with Crippen molar-refractivity contribution in [2.45, 2.75) is 51.1 Å². The average Bonchev–Trinajstić information content (AvgIpc) is 3.28. The van der Waals surface area contributed by atoms with E-state index >= 15 is 0 Å². The molecule has 1 aromatic heterocycles. The van der Waals surface area contributed by atoms with Crippen LogP contribution in [0, 0.1) is 0 Å². The SMILES string of the molecule is CO[C@]12C(=O)N(Cc3ccccc3)C(=O)N1[C@H](C(=O)OC(C)(C)C)Cc1c2[nH]c2ccccc12. The summed E-state index contributed by atoms with van der Waals surface area (Å²) in [5.74, 6) is -1.11. The first-order valence-electron chi connectivity index (χ1n) is 11.2. The summed E-state index contributed by atoms with van der Waals surface area (Å²) < 4.78 is 11.6. The Hall–Kier alpha value is -3.65. The molecular weight excluding hydrogens is 434 g/mol. The molecule has 0 saturated carbocycles. The summed E-state index contributed by atoms with van der Waals surface area (Å²) in [6, 6.07) is 15.2. The number of esters is 1. The van der Waals surface area contributed by atoms with E-state index in [4.69, 9.17) is 9.47 Å². The van der Waals surface area contributed by atoms with Gasteiger partial charge in [0.05, 0.1) is 12.2 Å². The van der Waals surface area contributed by atoms with Gasteiger partial charge in [0, 0.05) is 24.4 Å². The van der Waals surface area contributed by atoms with Gasteiger partial charge in [-0.15, -0.1) is 0 Å². The van der Waals surface area contributed by atoms with Gasteiger partial charge in [0.15, 0.2) is 0 Å². The number of aromatic nitrogens is 1. The molecule has 1 fully saturated rings. The van der Waals surface area contributed by atoms with Crippen molar-refractivity contribution in [2.24, 2.45) is 0 Å². The fraction of sp³-hybridized carbons (Fsp3) is 0.346. The number of nitrogens with one attached hydrogen (secondary N) is 1. The topological polar surface area (TPSA) is 91.9 Å². The average molecular weight is 462 g/mol. The van der Waals surface area contributed by atoms with Gasteiger partial charge in [-0.3, -0.25) is 14.6 Å². The molecule has 2 aromatic carbocycles. The Balaban J connectivity index is 1.69. The molecule has 0 aliphatic carbocycles. The third kappa shape index (κ3) is 3.20. The minimum absolute atomic E-state index is 0.0662. The van der Waals surface area contributed by atoms with Crippen LogP contribution in [0.1, 0.15) is 37.6 Å². The lowest BCUT2D eigenvalue weighted by Gasteiger charge is -2.42. The van der Waals surface area contributed by atoms with Crippen molar-refractivity contribution in [1.29, 1.82) is 0 Å². The zero-order chi connectivity index (χ0) is 24.3. The maximum Gasteiger partial charge on any atom is 0.330 e. The van der Waals surface area contributed by atoms with Gasteiger partial charge in [-0.25, -0.2) is 9.59 Å². The number of urea groups is 1. The van der Waals surface area contributed by atoms with Crippen molar-refractivity contribution in [3.05, 3.63) is 71.4 Å². The Labute approximate surface area is 197 Å². The lowest BCUT2D eigenvalue weighted by Crippen LogP contribution is -2.60. The van der Waals surface area contributed by atoms with Crippen LogP contribution in [0.25, 0.3) is 10.9 Å². The molecule has 2 aliphatic rings. The van der Waals surface area contributed by atoms with Crippen LogP contribution in [0.2, 0.25) is 0 Å². The number of para-hydroxylation sites is 1. The normalized spacial score (nSPS) is 22.2. The zero-order valence-electron chi connectivity index (χ0n) is 19.6. The number of carbonyl (C=O) groups excluding carboxylic acids is 3. The lowest BCUT2D eigenvalue weighted by atomic mass is 9.89. The molecule has 34 heavy (non-hydrogen) atoms. The molecule has 8 nitrogen and oxygen atoms in total. The number of imide groups is 1. The predicted molar refractivity (Wildman–Crippen MR) is 125 cm³/mol. The largest absolute Gasteiger partial charge is 0.458 e. The molecule has 1 saturated heterocycles. The minimum Gasteiger partial charge on any atom is -0.458 e. The van der Waals surface area contributed by atoms with Crippen LogP contribution in [0.5, 0.6) is 0 Å². The Kier molecular flexibility index (Phi) is 5.02. The molecule has 3 amide bonds. The van der Waals surface area contributed by atoms with Crippen LogP contribution in [0.15, 0.2) is 54.6 Å². The fourth-order valence-corrected chi connectivity index (χ4v) is 4.96. The van der Waals surface area contributed by atoms with E-state index in [1.165, 1.54) is 12.0 Å². The van der Waals surface area contributed by atoms with Crippen LogP contribution in [-0.4, -0.2) is 51.4 Å². The summed E-state index contributed by atoms with van der Waals surface area (Å²) in [6.45, 7) is 5.38. The number of fused-ring (bicyclic) bond motifs is 5. The van der Waals surface area contributed by atoms with Crippen molar-refractivity contribution >= 4 is 28.8 Å². The van der Waals surface area contributed by atoms with E-state index in [1.807, 2.05) is 54.6 Å². The molecule has 3 heterocycles. The number of nitrogens with zero attached hydrogens (tertiary/aromatic N) is 2. The van der Waals surface area contributed by atoms with Gasteiger partial charge in [-0.05, 0) is 38.0 Å². The summed E-state index contributed by atoms with van der Waals surface area (Å²) >= 11 is 0. The number of carbonyl (C=O) groups is 3. The zero-order valence-corrected chi connectivity index (χ0v) is 19.6. The lowest BCUT2D eigenvalue weighted by molar-refractivity contribution is -0.181. The number of ether oxygens (including phenoxy) is 2. The fourth-order valence-electron chi connectivity index (χ4n) is 4.96. The summed E-state index contributed by atoms with van der Waals surface area (Å²) in [5.41, 5.74) is 0.290. The highest BCUT2D eigenvalue weighted by Gasteiger charge is 2.66. The van der Waals surface area contributed by atoms with Crippen molar-refractivity contribution in [3.63, 3.8) is 0 Å². The van der Waals surface area contributed by atoms with Gasteiger partial charge in [0.2, 0.25) is 0 Å². The third-order valence-electron chi connectivity index (χ3n) is 6.33. The molecule has 1 N–H and O–H groups in total. The second-order valence-corrected chi connectivity index (χ2v) is 9.66. The molecule has 2 aliphatic heterocycles. The first-order chi connectivity index (χ1) is 16.2. The summed E-state index contributed by atoms with van der Waals surface area (Å²) in [7, 11) is 1.39. The van der Waals surface area contributed by atoms with E-state index in [1.54, 1.807) is 20.8 Å². The van der Waals surface area contributed by atoms with E-state index in [-0.39, 0.29) is 13.0 Å². The quantitative estimate of drug-likeness (QED) is 0.473. The number of benzene rings is 2. The molecule has 0 bridgehead atoms. The third-order valence-corrected chi connectivity index (χ3v) is 6.33. The number of H-pyrrole nitrogens is 1. The Morgan fingerprint density at radius 3 is 2.44 bits per heavy atom. The van der Waals surface area contributed by atoms with Crippen LogP contribution in [0.4, 0.5) is 4.79 Å². The highest BCUT2D eigenvalue weighted by molar-refractivity contribution is 6.09. The summed E-state index contributed by atoms with van der Waals surface area (Å²) in [4.78, 5) is 46.8. The van der Waals surface area contributed by atoms with Gasteiger partial charge >= 0.3 is 12.0 Å². The maximum atomic E-state index is 14.0. The monoisotopic (exact) mass is 461 g/mol. The van der Waals surface area contributed by atoms with Crippen LogP contribution in [-0.2, 0) is 37.8 Å². The van der Waals surface area contributed by atoms with E-state index in [2.05, 4.69) is 4.98 Å². The maximum absolute atomic E-state index is 14.0. The van der Waals surface area contributed by atoms with E-state index < -0.39 is 35.3 Å². The number of rotatable bonds is 4. The predicted octanol–water partition coefficient (Wildman–Crippen LogP) is 3.70. The molecule has 5 rings (SSSR count). The second kappa shape index (κ2) is 7.70. The molecule has 3 aromatic rings. The van der Waals surface area contributed by atoms with Gasteiger partial charge < -0.3 is 14.5 Å². The molecule has 176 valence electrons. The number of amides is 3. The molecule has 0 radical (unpaired) electrons. The molecule has 2 atom stereocenters. The van der Waals surface area contributed by atoms with E-state index in [0.717, 1.165) is 26.9 Å². The Morgan fingerprint density at radius 1 is 1.09 bits per heavy atom. The first kappa shape index (κ1) is 22.2. The van der Waals surface area contributed by atoms with Crippen molar-refractivity contribution in [1.82, 2.24) is 14.8 Å². The van der Waals surface area contributed by atoms with Crippen LogP contribution >= 0.6 is 0 Å². The van der Waals surface area contributed by atoms with Crippen LogP contribution in [0.3, 0.4) is 0 Å². The minimum atomic E-state index is -1.79. The van der Waals surface area contributed by atoms with Crippen molar-refractivity contribution < 1.29 is 23.9 Å². The molecule has 0 unspecified atom stereocenters. The number of hydrogen-bond acceptors (Lipinski definition) is 5. The Bertz CT molecular complexity index is 1290. The highest BCUT2D eigenvalue weighted by atomic mass is 16.6. The highest BCUT2D eigenvalue weighted by Crippen LogP contribution is 2.47. The van der Waals surface area contributed by atoms with Gasteiger partial charge in [-0.1, -0.05) is 48.5 Å². The number of aromatic amines is 1. The van der Waals surface area contributed by atoms with Gasteiger partial charge in [0.1, 0.15) is 11.6 Å². The standard InChI is InChI=1S/C26H27N3O5/c1-25(2,3)34-22(30)20-14-18-17-12-8-9-13-19(17)27-21(18)26(33-4)23(31)28(24(32)29(20)26)15-16-10-6-5-7-11-16/h5-13,20,27H,14-15H2,1-4H3/t20-,26+/m0/s1. The van der Waals surface area contributed by atoms with Gasteiger partial charge in [0.25, 0.3) is 11.6 Å². The van der Waals surface area contributed by atoms with Crippen LogP contribution < -0.4 is 0 Å². The van der Waals surface area contributed by atoms with E-state index in [9.17, 15) is 14.4 Å². The molecular formula is C26H27N3O5. The molecule has 8 heteroatoms. The Morgan fingerprint density at radius 2 is 1.76 bits per heavy atom. The summed E-state index contributed by atoms with van der Waals surface area (Å²) in [6.07, 6.45) is 0.206. The molecule has 0 spiro atoms. The van der Waals surface area contributed by atoms with Crippen molar-refractivity contribution in [3.8, 4) is 0 Å². The number of hydrogen-bond donors (Lipinski definition) is 1. The first-order valence-corrected chi connectivity index (χ1v) is 11.2. The van der Waals surface area contributed by atoms with Crippen molar-refractivity contribution in [2.75, 3.05) is 7.11 Å². The van der Waals surface area contributed by atoms with E-state index in [0.29, 0.717) is 5.69 Å². The smallest absolute Gasteiger partial charge is 0.330 e. The summed E-state index contributed by atoms with van der Waals surface area (Å²) in [5, 5.41) is 0.879. The second-order valence-electron chi connectivity index (χ2n) is 9.66.